The molecule has 3 aromatic rings. The normalized spacial score (nSPS) is 11.2. The third-order valence-corrected chi connectivity index (χ3v) is 4.44. The number of nitrogens with zero attached hydrogens (tertiary/aromatic N) is 2. The summed E-state index contributed by atoms with van der Waals surface area (Å²) in [5, 5.41) is 15.2. The van der Waals surface area contributed by atoms with Gasteiger partial charge in [-0.1, -0.05) is 33.6 Å². The summed E-state index contributed by atoms with van der Waals surface area (Å²) in [6.45, 7) is 2.00. The van der Waals surface area contributed by atoms with Crippen LogP contribution in [0.2, 0.25) is 5.02 Å². The molecule has 0 aliphatic carbocycles. The zero-order valence-electron chi connectivity index (χ0n) is 10.8. The molecule has 0 aliphatic heterocycles. The first kappa shape index (κ1) is 13.6. The van der Waals surface area contributed by atoms with Crippen LogP contribution in [0.5, 0.6) is 0 Å². The Balaban J connectivity index is 2.23. The van der Waals surface area contributed by atoms with Gasteiger partial charge in [-0.15, -0.1) is 0 Å². The van der Waals surface area contributed by atoms with Gasteiger partial charge in [0.2, 0.25) is 0 Å². The molecule has 1 aromatic heterocycles. The molecular weight excluding hydrogens is 340 g/mol. The van der Waals surface area contributed by atoms with E-state index >= 15 is 0 Å². The van der Waals surface area contributed by atoms with Crippen LogP contribution in [0, 0.1) is 6.92 Å². The number of aromatic nitrogens is 2. The lowest BCUT2D eigenvalue weighted by Crippen LogP contribution is -1.97. The first-order chi connectivity index (χ1) is 9.60. The van der Waals surface area contributed by atoms with E-state index in [1.54, 1.807) is 6.07 Å². The fraction of sp³-hybridized carbons (Fsp3) is 0.133. The maximum atomic E-state index is 9.23. The second-order valence-electron chi connectivity index (χ2n) is 4.63. The van der Waals surface area contributed by atoms with Gasteiger partial charge in [-0.05, 0) is 42.3 Å². The maximum Gasteiger partial charge on any atom is 0.111 e. The molecule has 1 heterocycles. The van der Waals surface area contributed by atoms with E-state index in [9.17, 15) is 5.11 Å². The highest BCUT2D eigenvalue weighted by molar-refractivity contribution is 9.10. The average Bonchev–Trinajstić information content (AvgIpc) is 2.86. The van der Waals surface area contributed by atoms with Crippen molar-refractivity contribution in [3.05, 3.63) is 57.2 Å². The molecule has 1 N–H and O–H groups in total. The number of halogens is 2. The Morgan fingerprint density at radius 3 is 2.90 bits per heavy atom. The number of rotatable bonds is 2. The number of aliphatic hydroxyl groups excluding tert-OH is 1. The van der Waals surface area contributed by atoms with Crippen molar-refractivity contribution in [2.24, 2.45) is 0 Å². The summed E-state index contributed by atoms with van der Waals surface area (Å²) in [7, 11) is 0. The van der Waals surface area contributed by atoms with Gasteiger partial charge >= 0.3 is 0 Å². The molecule has 0 bridgehead atoms. The van der Waals surface area contributed by atoms with Gasteiger partial charge in [-0.3, -0.25) is 0 Å². The van der Waals surface area contributed by atoms with Crippen molar-refractivity contribution in [1.29, 1.82) is 0 Å². The number of aliphatic hydroxyl groups is 1. The highest BCUT2D eigenvalue weighted by atomic mass is 79.9. The highest BCUT2D eigenvalue weighted by Crippen LogP contribution is 2.28. The smallest absolute Gasteiger partial charge is 0.111 e. The van der Waals surface area contributed by atoms with E-state index in [1.165, 1.54) is 0 Å². The van der Waals surface area contributed by atoms with Gasteiger partial charge in [-0.25, -0.2) is 4.68 Å². The molecule has 0 fully saturated rings. The minimum atomic E-state index is -0.0310. The third-order valence-electron chi connectivity index (χ3n) is 3.29. The third kappa shape index (κ3) is 2.24. The number of hydrogen-bond acceptors (Lipinski definition) is 2. The van der Waals surface area contributed by atoms with Crippen LogP contribution < -0.4 is 0 Å². The molecule has 0 saturated carbocycles. The van der Waals surface area contributed by atoms with Gasteiger partial charge in [0, 0.05) is 16.1 Å². The predicted octanol–water partition coefficient (Wildman–Crippen LogP) is 4.24. The maximum absolute atomic E-state index is 9.23. The van der Waals surface area contributed by atoms with Crippen molar-refractivity contribution in [2.75, 3.05) is 0 Å². The monoisotopic (exact) mass is 350 g/mol. The molecule has 2 aromatic carbocycles. The van der Waals surface area contributed by atoms with Crippen LogP contribution in [0.25, 0.3) is 16.6 Å². The molecule has 0 unspecified atom stereocenters. The zero-order chi connectivity index (χ0) is 14.3. The summed E-state index contributed by atoms with van der Waals surface area (Å²) in [4.78, 5) is 0. The molecule has 0 atom stereocenters. The summed E-state index contributed by atoms with van der Waals surface area (Å²) in [5.41, 5.74) is 3.63. The van der Waals surface area contributed by atoms with Crippen molar-refractivity contribution in [3.63, 3.8) is 0 Å². The van der Waals surface area contributed by atoms with Crippen LogP contribution >= 0.6 is 27.5 Å². The van der Waals surface area contributed by atoms with E-state index < -0.39 is 0 Å². The Bertz CT molecular complexity index is 798. The Morgan fingerprint density at radius 1 is 1.35 bits per heavy atom. The molecule has 0 spiro atoms. The van der Waals surface area contributed by atoms with Crippen LogP contribution in [0.15, 0.2) is 41.0 Å². The Labute approximate surface area is 129 Å². The fourth-order valence-electron chi connectivity index (χ4n) is 2.21. The number of hydrogen-bond donors (Lipinski definition) is 1. The van der Waals surface area contributed by atoms with E-state index in [0.717, 1.165) is 32.2 Å². The molecule has 0 radical (unpaired) electrons. The lowest BCUT2D eigenvalue weighted by molar-refractivity contribution is 0.282. The van der Waals surface area contributed by atoms with Crippen molar-refractivity contribution in [1.82, 2.24) is 9.78 Å². The quantitative estimate of drug-likeness (QED) is 0.750. The van der Waals surface area contributed by atoms with E-state index in [-0.39, 0.29) is 6.61 Å². The Kier molecular flexibility index (Phi) is 3.54. The molecule has 0 saturated heterocycles. The van der Waals surface area contributed by atoms with E-state index in [4.69, 9.17) is 11.6 Å². The summed E-state index contributed by atoms with van der Waals surface area (Å²) in [6.07, 6.45) is 1.93. The topological polar surface area (TPSA) is 38.0 Å². The number of fused-ring (bicyclic) bond motifs is 1. The van der Waals surface area contributed by atoms with Crippen molar-refractivity contribution < 1.29 is 5.11 Å². The minimum absolute atomic E-state index is 0.0310. The predicted molar refractivity (Wildman–Crippen MR) is 84.4 cm³/mol. The lowest BCUT2D eigenvalue weighted by atomic mass is 10.2. The summed E-state index contributed by atoms with van der Waals surface area (Å²) in [5.74, 6) is 0. The largest absolute Gasteiger partial charge is 0.392 e. The van der Waals surface area contributed by atoms with Crippen LogP contribution in [0.1, 0.15) is 11.1 Å². The van der Waals surface area contributed by atoms with Gasteiger partial charge in [0.15, 0.2) is 0 Å². The van der Waals surface area contributed by atoms with Gasteiger partial charge in [0.1, 0.15) is 5.52 Å². The molecule has 3 nitrogen and oxygen atoms in total. The summed E-state index contributed by atoms with van der Waals surface area (Å²) in [6, 6.07) is 9.62. The Hall–Kier alpha value is -1.36. The average molecular weight is 352 g/mol. The molecule has 102 valence electrons. The van der Waals surface area contributed by atoms with Gasteiger partial charge in [0.25, 0.3) is 0 Å². The first-order valence-electron chi connectivity index (χ1n) is 6.14. The van der Waals surface area contributed by atoms with Crippen molar-refractivity contribution in [2.45, 2.75) is 13.5 Å². The second-order valence-corrected chi connectivity index (χ2v) is 5.89. The Morgan fingerprint density at radius 2 is 2.15 bits per heavy atom. The fourth-order valence-corrected chi connectivity index (χ4v) is 2.85. The van der Waals surface area contributed by atoms with Crippen LogP contribution in [-0.4, -0.2) is 14.9 Å². The van der Waals surface area contributed by atoms with Crippen molar-refractivity contribution in [3.8, 4) is 5.69 Å². The zero-order valence-corrected chi connectivity index (χ0v) is 13.1. The minimum Gasteiger partial charge on any atom is -0.392 e. The van der Waals surface area contributed by atoms with E-state index in [2.05, 4.69) is 21.0 Å². The standard InChI is InChI=1S/C15H12BrClN2O/c1-9-12(16)3-2-4-14(9)19-7-11-5-10(8-20)6-13(17)15(11)18-19/h2-7,20H,8H2,1H3. The van der Waals surface area contributed by atoms with E-state index in [1.807, 2.05) is 42.1 Å². The number of benzene rings is 2. The second kappa shape index (κ2) is 5.20. The van der Waals surface area contributed by atoms with Crippen LogP contribution in [0.3, 0.4) is 0 Å². The summed E-state index contributed by atoms with van der Waals surface area (Å²) < 4.78 is 2.86. The molecule has 3 rings (SSSR count). The van der Waals surface area contributed by atoms with Gasteiger partial charge in [0.05, 0.1) is 17.3 Å². The van der Waals surface area contributed by atoms with Crippen molar-refractivity contribution >= 4 is 38.4 Å². The van der Waals surface area contributed by atoms with Crippen LogP contribution in [0.4, 0.5) is 0 Å². The molecule has 0 amide bonds. The van der Waals surface area contributed by atoms with Gasteiger partial charge in [-0.2, -0.15) is 5.10 Å². The molecule has 5 heteroatoms. The molecule has 20 heavy (non-hydrogen) atoms. The lowest BCUT2D eigenvalue weighted by Gasteiger charge is -2.06. The van der Waals surface area contributed by atoms with Gasteiger partial charge < -0.3 is 5.11 Å². The first-order valence-corrected chi connectivity index (χ1v) is 7.31. The summed E-state index contributed by atoms with van der Waals surface area (Å²) >= 11 is 9.74. The highest BCUT2D eigenvalue weighted by Gasteiger charge is 2.10. The molecular formula is C15H12BrClN2O. The SMILES string of the molecule is Cc1c(Br)cccc1-n1cc2cc(CO)cc(Cl)c2n1. The van der Waals surface area contributed by atoms with Crippen LogP contribution in [-0.2, 0) is 6.61 Å². The van der Waals surface area contributed by atoms with E-state index in [0.29, 0.717) is 5.02 Å². The molecule has 0 aliphatic rings.